The van der Waals surface area contributed by atoms with Gasteiger partial charge in [0.2, 0.25) is 0 Å². The second kappa shape index (κ2) is 3.59. The van der Waals surface area contributed by atoms with Crippen molar-refractivity contribution in [3.63, 3.8) is 0 Å². The minimum absolute atomic E-state index is 0.613. The number of hydrogen-bond acceptors (Lipinski definition) is 1. The van der Waals surface area contributed by atoms with Gasteiger partial charge in [0, 0.05) is 21.8 Å². The highest BCUT2D eigenvalue weighted by Gasteiger charge is 2.22. The van der Waals surface area contributed by atoms with E-state index < -0.39 is 0 Å². The van der Waals surface area contributed by atoms with E-state index in [0.29, 0.717) is 5.92 Å². The van der Waals surface area contributed by atoms with Crippen LogP contribution in [0, 0.1) is 6.92 Å². The number of hydrogen-bond donors (Lipinski definition) is 0. The van der Waals surface area contributed by atoms with E-state index >= 15 is 0 Å². The maximum atomic E-state index is 4.78. The van der Waals surface area contributed by atoms with Crippen LogP contribution in [-0.4, -0.2) is 9.38 Å². The van der Waals surface area contributed by atoms with Crippen molar-refractivity contribution in [3.8, 4) is 0 Å². The van der Waals surface area contributed by atoms with Crippen LogP contribution in [0.1, 0.15) is 42.8 Å². The molecule has 0 bridgehead atoms. The Labute approximate surface area is 104 Å². The average Bonchev–Trinajstić information content (AvgIpc) is 2.64. The van der Waals surface area contributed by atoms with Crippen molar-refractivity contribution >= 4 is 21.6 Å². The van der Waals surface area contributed by atoms with Gasteiger partial charge in [-0.2, -0.15) is 0 Å². The highest BCUT2D eigenvalue weighted by atomic mass is 79.9. The molecule has 84 valence electrons. The van der Waals surface area contributed by atoms with Gasteiger partial charge in [-0.25, -0.2) is 4.98 Å². The van der Waals surface area contributed by atoms with E-state index in [0.717, 1.165) is 12.1 Å². The van der Waals surface area contributed by atoms with Gasteiger partial charge in [0.05, 0.1) is 5.69 Å². The first kappa shape index (κ1) is 10.3. The summed E-state index contributed by atoms with van der Waals surface area (Å²) in [7, 11) is 0. The van der Waals surface area contributed by atoms with Crippen molar-refractivity contribution in [3.05, 3.63) is 33.7 Å². The fraction of sp³-hybridized carbons (Fsp3) is 0.462. The first-order chi connectivity index (χ1) is 7.68. The molecule has 1 aliphatic rings. The second-order valence-electron chi connectivity index (χ2n) is 4.70. The number of nitrogens with zero attached hydrogens (tertiary/aromatic N) is 2. The lowest BCUT2D eigenvalue weighted by atomic mass is 9.91. The monoisotopic (exact) mass is 278 g/mol. The largest absolute Gasteiger partial charge is 0.300 e. The molecular weight excluding hydrogens is 264 g/mol. The molecular formula is C13H15BrN2. The molecule has 0 aliphatic heterocycles. The average molecular weight is 279 g/mol. The summed E-state index contributed by atoms with van der Waals surface area (Å²) in [5.74, 6) is 0.613. The summed E-state index contributed by atoms with van der Waals surface area (Å²) in [6.07, 6.45) is 3.73. The third-order valence-electron chi connectivity index (χ3n) is 3.61. The molecule has 2 aromatic rings. The summed E-state index contributed by atoms with van der Waals surface area (Å²) in [6.45, 7) is 4.44. The zero-order chi connectivity index (χ0) is 11.3. The summed E-state index contributed by atoms with van der Waals surface area (Å²) < 4.78 is 3.48. The Morgan fingerprint density at radius 3 is 3.06 bits per heavy atom. The Hall–Kier alpha value is -0.830. The van der Waals surface area contributed by atoms with E-state index in [1.165, 1.54) is 34.4 Å². The van der Waals surface area contributed by atoms with E-state index in [1.54, 1.807) is 0 Å². The number of fused-ring (bicyclic) bond motifs is 3. The normalized spacial score (nSPS) is 20.1. The summed E-state index contributed by atoms with van der Waals surface area (Å²) in [5.41, 5.74) is 5.10. The minimum Gasteiger partial charge on any atom is -0.300 e. The number of imidazole rings is 1. The van der Waals surface area contributed by atoms with Gasteiger partial charge in [-0.3, -0.25) is 4.40 Å². The fourth-order valence-electron chi connectivity index (χ4n) is 2.70. The number of halogens is 1. The van der Waals surface area contributed by atoms with Crippen LogP contribution in [0.3, 0.4) is 0 Å². The van der Waals surface area contributed by atoms with Crippen LogP contribution in [-0.2, 0) is 6.42 Å². The molecule has 0 fully saturated rings. The molecule has 0 saturated carbocycles. The van der Waals surface area contributed by atoms with Gasteiger partial charge in [0.25, 0.3) is 0 Å². The summed E-state index contributed by atoms with van der Waals surface area (Å²) >= 11 is 3.60. The first-order valence-electron chi connectivity index (χ1n) is 5.85. The summed E-state index contributed by atoms with van der Waals surface area (Å²) in [6, 6.07) is 4.19. The van der Waals surface area contributed by atoms with Crippen molar-refractivity contribution in [2.24, 2.45) is 0 Å². The molecule has 0 N–H and O–H groups in total. The molecule has 2 nitrogen and oxygen atoms in total. The summed E-state index contributed by atoms with van der Waals surface area (Å²) in [4.78, 5) is 4.78. The van der Waals surface area contributed by atoms with Crippen LogP contribution in [0.4, 0.5) is 0 Å². The van der Waals surface area contributed by atoms with Crippen molar-refractivity contribution in [2.45, 2.75) is 39.0 Å². The Morgan fingerprint density at radius 2 is 2.25 bits per heavy atom. The standard InChI is InChI=1S/C13H15BrN2/c1-8-4-3-5-11-13(8)15-12-7-6-10(14)9(2)16(11)12/h6-8H,3-5H2,1-2H3. The lowest BCUT2D eigenvalue weighted by Gasteiger charge is -2.18. The zero-order valence-electron chi connectivity index (χ0n) is 9.63. The molecule has 1 unspecified atom stereocenters. The summed E-state index contributed by atoms with van der Waals surface area (Å²) in [5, 5.41) is 0. The van der Waals surface area contributed by atoms with Gasteiger partial charge in [0.15, 0.2) is 0 Å². The lowest BCUT2D eigenvalue weighted by molar-refractivity contribution is 0.569. The van der Waals surface area contributed by atoms with Gasteiger partial charge in [-0.15, -0.1) is 0 Å². The minimum atomic E-state index is 0.613. The highest BCUT2D eigenvalue weighted by molar-refractivity contribution is 9.10. The predicted molar refractivity (Wildman–Crippen MR) is 69.0 cm³/mol. The van der Waals surface area contributed by atoms with Crippen LogP contribution in [0.15, 0.2) is 16.6 Å². The molecule has 2 heterocycles. The molecule has 0 radical (unpaired) electrons. The van der Waals surface area contributed by atoms with E-state index in [-0.39, 0.29) is 0 Å². The van der Waals surface area contributed by atoms with Gasteiger partial charge in [-0.1, -0.05) is 6.92 Å². The number of aryl methyl sites for hydroxylation is 2. The van der Waals surface area contributed by atoms with E-state index in [4.69, 9.17) is 4.98 Å². The molecule has 0 aromatic carbocycles. The van der Waals surface area contributed by atoms with Crippen LogP contribution in [0.2, 0.25) is 0 Å². The molecule has 0 saturated heterocycles. The van der Waals surface area contributed by atoms with Crippen molar-refractivity contribution in [1.29, 1.82) is 0 Å². The van der Waals surface area contributed by atoms with Crippen LogP contribution in [0.25, 0.3) is 5.65 Å². The smallest absolute Gasteiger partial charge is 0.137 e. The fourth-order valence-corrected chi connectivity index (χ4v) is 3.01. The zero-order valence-corrected chi connectivity index (χ0v) is 11.2. The van der Waals surface area contributed by atoms with E-state index in [2.05, 4.69) is 46.3 Å². The SMILES string of the molecule is Cc1c(Br)ccc2nc3c(n12)CCCC3C. The molecule has 3 rings (SSSR count). The second-order valence-corrected chi connectivity index (χ2v) is 5.55. The van der Waals surface area contributed by atoms with Crippen LogP contribution < -0.4 is 0 Å². The van der Waals surface area contributed by atoms with Gasteiger partial charge in [0.1, 0.15) is 5.65 Å². The maximum Gasteiger partial charge on any atom is 0.137 e. The number of pyridine rings is 1. The van der Waals surface area contributed by atoms with Gasteiger partial charge in [-0.05, 0) is 54.2 Å². The molecule has 1 aliphatic carbocycles. The molecule has 16 heavy (non-hydrogen) atoms. The quantitative estimate of drug-likeness (QED) is 0.716. The van der Waals surface area contributed by atoms with Crippen molar-refractivity contribution < 1.29 is 0 Å². The van der Waals surface area contributed by atoms with Gasteiger partial charge < -0.3 is 0 Å². The van der Waals surface area contributed by atoms with Gasteiger partial charge >= 0.3 is 0 Å². The Balaban J connectivity index is 2.38. The van der Waals surface area contributed by atoms with Crippen molar-refractivity contribution in [2.75, 3.05) is 0 Å². The van der Waals surface area contributed by atoms with Crippen LogP contribution in [0.5, 0.6) is 0 Å². The highest BCUT2D eigenvalue weighted by Crippen LogP contribution is 2.32. The molecule has 0 spiro atoms. The lowest BCUT2D eigenvalue weighted by Crippen LogP contribution is -2.08. The maximum absolute atomic E-state index is 4.78. The third-order valence-corrected chi connectivity index (χ3v) is 4.45. The topological polar surface area (TPSA) is 17.3 Å². The number of rotatable bonds is 0. The van der Waals surface area contributed by atoms with Crippen molar-refractivity contribution in [1.82, 2.24) is 9.38 Å². The molecule has 1 atom stereocenters. The first-order valence-corrected chi connectivity index (χ1v) is 6.64. The Kier molecular flexibility index (Phi) is 2.32. The third kappa shape index (κ3) is 1.34. The van der Waals surface area contributed by atoms with Crippen LogP contribution >= 0.6 is 15.9 Å². The Morgan fingerprint density at radius 1 is 1.44 bits per heavy atom. The van der Waals surface area contributed by atoms with E-state index in [1.807, 2.05) is 0 Å². The molecule has 0 amide bonds. The molecule has 3 heteroatoms. The Bertz CT molecular complexity index is 557. The van der Waals surface area contributed by atoms with E-state index in [9.17, 15) is 0 Å². The predicted octanol–water partition coefficient (Wildman–Crippen LogP) is 3.85. The molecule has 2 aromatic heterocycles. The number of aromatic nitrogens is 2.